The number of ether oxygens (including phenoxy) is 2. The van der Waals surface area contributed by atoms with Crippen molar-refractivity contribution in [1.29, 1.82) is 0 Å². The molecule has 0 saturated carbocycles. The smallest absolute Gasteiger partial charge is 0.409 e. The molecule has 0 spiro atoms. The fourth-order valence-corrected chi connectivity index (χ4v) is 2.01. The molecule has 0 radical (unpaired) electrons. The number of aromatic nitrogens is 2. The lowest BCUT2D eigenvalue weighted by Gasteiger charge is -2.33. The van der Waals surface area contributed by atoms with E-state index in [1.165, 1.54) is 7.11 Å². The van der Waals surface area contributed by atoms with Crippen molar-refractivity contribution < 1.29 is 19.1 Å². The molecule has 0 bridgehead atoms. The van der Waals surface area contributed by atoms with Crippen molar-refractivity contribution in [1.82, 2.24) is 20.0 Å². The Bertz CT molecular complexity index is 497. The van der Waals surface area contributed by atoms with E-state index in [1.54, 1.807) is 28.9 Å². The maximum atomic E-state index is 12.2. The summed E-state index contributed by atoms with van der Waals surface area (Å²) in [4.78, 5) is 27.1. The van der Waals surface area contributed by atoms with Crippen LogP contribution in [0.15, 0.2) is 12.1 Å². The van der Waals surface area contributed by atoms with E-state index in [1.807, 2.05) is 0 Å². The molecule has 1 aliphatic rings. The molecule has 0 aliphatic carbocycles. The van der Waals surface area contributed by atoms with Crippen molar-refractivity contribution in [3.8, 4) is 5.88 Å². The number of carbonyl (C=O) groups excluding carboxylic acids is 2. The molecule has 1 fully saturated rings. The minimum atomic E-state index is -0.339. The normalized spacial score (nSPS) is 14.8. The third-order valence-corrected chi connectivity index (χ3v) is 3.16. The van der Waals surface area contributed by atoms with Crippen molar-refractivity contribution in [2.75, 3.05) is 39.9 Å². The van der Waals surface area contributed by atoms with E-state index >= 15 is 0 Å². The monoisotopic (exact) mass is 294 g/mol. The maximum absolute atomic E-state index is 12.2. The van der Waals surface area contributed by atoms with E-state index in [9.17, 15) is 9.59 Å². The Labute approximate surface area is 122 Å². The van der Waals surface area contributed by atoms with Gasteiger partial charge in [0.15, 0.2) is 5.69 Å². The van der Waals surface area contributed by atoms with E-state index in [0.717, 1.165) is 0 Å². The molecule has 1 aromatic rings. The van der Waals surface area contributed by atoms with Gasteiger partial charge in [0.1, 0.15) is 0 Å². The van der Waals surface area contributed by atoms with Crippen LogP contribution in [0.3, 0.4) is 0 Å². The van der Waals surface area contributed by atoms with Gasteiger partial charge in [0.05, 0.1) is 13.7 Å². The lowest BCUT2D eigenvalue weighted by molar-refractivity contribution is 0.0565. The summed E-state index contributed by atoms with van der Waals surface area (Å²) >= 11 is 0. The zero-order valence-corrected chi connectivity index (χ0v) is 12.1. The van der Waals surface area contributed by atoms with Crippen LogP contribution < -0.4 is 4.74 Å². The van der Waals surface area contributed by atoms with Gasteiger partial charge in [-0.25, -0.2) is 4.79 Å². The fourth-order valence-electron chi connectivity index (χ4n) is 2.01. The number of piperazine rings is 1. The number of nitrogens with zero attached hydrogens (tertiary/aromatic N) is 4. The summed E-state index contributed by atoms with van der Waals surface area (Å²) in [5.74, 6) is 0.160. The molecular formula is C13H18N4O4. The largest absolute Gasteiger partial charge is 0.480 e. The molecule has 2 rings (SSSR count). The van der Waals surface area contributed by atoms with E-state index in [0.29, 0.717) is 38.7 Å². The molecule has 114 valence electrons. The zero-order valence-electron chi connectivity index (χ0n) is 12.1. The van der Waals surface area contributed by atoms with Gasteiger partial charge in [0.25, 0.3) is 5.91 Å². The first-order valence-corrected chi connectivity index (χ1v) is 6.74. The molecular weight excluding hydrogens is 276 g/mol. The number of hydrogen-bond donors (Lipinski definition) is 0. The number of rotatable bonds is 3. The van der Waals surface area contributed by atoms with Crippen LogP contribution >= 0.6 is 0 Å². The van der Waals surface area contributed by atoms with E-state index < -0.39 is 0 Å². The van der Waals surface area contributed by atoms with Crippen LogP contribution in [0.25, 0.3) is 0 Å². The predicted octanol–water partition coefficient (Wildman–Crippen LogP) is 0.399. The van der Waals surface area contributed by atoms with Crippen molar-refractivity contribution in [2.45, 2.75) is 6.92 Å². The minimum Gasteiger partial charge on any atom is -0.480 e. The topological polar surface area (TPSA) is 84.9 Å². The Balaban J connectivity index is 1.92. The van der Waals surface area contributed by atoms with Crippen LogP contribution in [-0.4, -0.2) is 71.9 Å². The second-order valence-corrected chi connectivity index (χ2v) is 4.44. The van der Waals surface area contributed by atoms with Crippen molar-refractivity contribution >= 4 is 12.0 Å². The molecule has 1 aromatic heterocycles. The summed E-state index contributed by atoms with van der Waals surface area (Å²) in [7, 11) is 1.49. The summed E-state index contributed by atoms with van der Waals surface area (Å²) in [6.07, 6.45) is -0.339. The molecule has 2 heterocycles. The third-order valence-electron chi connectivity index (χ3n) is 3.16. The van der Waals surface area contributed by atoms with E-state index in [2.05, 4.69) is 10.2 Å². The number of amides is 2. The standard InChI is InChI=1S/C13H18N4O4/c1-3-21-13(19)17-8-6-16(7-9-17)12(18)10-4-5-11(20-2)15-14-10/h4-5H,3,6-9H2,1-2H3. The van der Waals surface area contributed by atoms with Crippen LogP contribution in [0, 0.1) is 0 Å². The molecule has 2 amide bonds. The van der Waals surface area contributed by atoms with Crippen LogP contribution in [-0.2, 0) is 4.74 Å². The number of carbonyl (C=O) groups is 2. The van der Waals surface area contributed by atoms with Gasteiger partial charge >= 0.3 is 6.09 Å². The number of methoxy groups -OCH3 is 1. The van der Waals surface area contributed by atoms with Crippen molar-refractivity contribution in [2.24, 2.45) is 0 Å². The van der Waals surface area contributed by atoms with Crippen LogP contribution in [0.5, 0.6) is 5.88 Å². The summed E-state index contributed by atoms with van der Waals surface area (Å²) in [6.45, 7) is 3.92. The molecule has 0 atom stereocenters. The molecule has 0 aromatic carbocycles. The van der Waals surface area contributed by atoms with E-state index in [-0.39, 0.29) is 17.7 Å². The highest BCUT2D eigenvalue weighted by atomic mass is 16.6. The first-order chi connectivity index (χ1) is 10.2. The van der Waals surface area contributed by atoms with Crippen LogP contribution in [0.2, 0.25) is 0 Å². The Hall–Kier alpha value is -2.38. The number of hydrogen-bond acceptors (Lipinski definition) is 6. The average molecular weight is 294 g/mol. The van der Waals surface area contributed by atoms with Crippen molar-refractivity contribution in [3.63, 3.8) is 0 Å². The van der Waals surface area contributed by atoms with Gasteiger partial charge in [-0.3, -0.25) is 4.79 Å². The van der Waals surface area contributed by atoms with Gasteiger partial charge < -0.3 is 19.3 Å². The molecule has 0 N–H and O–H groups in total. The predicted molar refractivity (Wildman–Crippen MR) is 73.1 cm³/mol. The van der Waals surface area contributed by atoms with Crippen LogP contribution in [0.1, 0.15) is 17.4 Å². The minimum absolute atomic E-state index is 0.200. The highest BCUT2D eigenvalue weighted by molar-refractivity contribution is 5.92. The van der Waals surface area contributed by atoms with Gasteiger partial charge in [-0.05, 0) is 13.0 Å². The van der Waals surface area contributed by atoms with E-state index in [4.69, 9.17) is 9.47 Å². The summed E-state index contributed by atoms with van der Waals surface area (Å²) in [5.41, 5.74) is 0.264. The molecule has 1 saturated heterocycles. The second kappa shape index (κ2) is 6.87. The Kier molecular flexibility index (Phi) is 4.91. The van der Waals surface area contributed by atoms with Gasteiger partial charge in [-0.2, -0.15) is 0 Å². The van der Waals surface area contributed by atoms with Crippen molar-refractivity contribution in [3.05, 3.63) is 17.8 Å². The average Bonchev–Trinajstić information content (AvgIpc) is 2.54. The van der Waals surface area contributed by atoms with Gasteiger partial charge in [-0.1, -0.05) is 0 Å². The Morgan fingerprint density at radius 2 is 1.81 bits per heavy atom. The van der Waals surface area contributed by atoms with Gasteiger partial charge in [0, 0.05) is 32.2 Å². The maximum Gasteiger partial charge on any atom is 0.409 e. The highest BCUT2D eigenvalue weighted by Crippen LogP contribution is 2.10. The summed E-state index contributed by atoms with van der Waals surface area (Å²) in [5, 5.41) is 7.61. The van der Waals surface area contributed by atoms with Crippen LogP contribution in [0.4, 0.5) is 4.79 Å². The van der Waals surface area contributed by atoms with Gasteiger partial charge in [0.2, 0.25) is 5.88 Å². The SMILES string of the molecule is CCOC(=O)N1CCN(C(=O)c2ccc(OC)nn2)CC1. The Morgan fingerprint density at radius 1 is 1.14 bits per heavy atom. The molecule has 0 unspecified atom stereocenters. The fraction of sp³-hybridized carbons (Fsp3) is 0.538. The first kappa shape index (κ1) is 15.0. The molecule has 8 nitrogen and oxygen atoms in total. The molecule has 1 aliphatic heterocycles. The zero-order chi connectivity index (χ0) is 15.2. The second-order valence-electron chi connectivity index (χ2n) is 4.44. The van der Waals surface area contributed by atoms with Gasteiger partial charge in [-0.15, -0.1) is 10.2 Å². The Morgan fingerprint density at radius 3 is 2.33 bits per heavy atom. The first-order valence-electron chi connectivity index (χ1n) is 6.74. The summed E-state index contributed by atoms with van der Waals surface area (Å²) < 4.78 is 9.84. The third kappa shape index (κ3) is 3.59. The molecule has 8 heteroatoms. The molecule has 21 heavy (non-hydrogen) atoms. The quantitative estimate of drug-likeness (QED) is 0.802. The lowest BCUT2D eigenvalue weighted by atomic mass is 10.2. The lowest BCUT2D eigenvalue weighted by Crippen LogP contribution is -2.50. The highest BCUT2D eigenvalue weighted by Gasteiger charge is 2.26. The summed E-state index contributed by atoms with van der Waals surface area (Å²) in [6, 6.07) is 3.17.